The molecular weight excluding hydrogens is 308 g/mol. The molecule has 2 rings (SSSR count). The molecule has 0 bridgehead atoms. The van der Waals surface area contributed by atoms with Crippen LogP contribution < -0.4 is 10.6 Å². The Labute approximate surface area is 132 Å². The quantitative estimate of drug-likeness (QED) is 0.798. The highest BCUT2D eigenvalue weighted by atomic mass is 35.5. The Kier molecular flexibility index (Phi) is 5.43. The summed E-state index contributed by atoms with van der Waals surface area (Å²) in [6.45, 7) is 0.359. The van der Waals surface area contributed by atoms with E-state index in [0.717, 1.165) is 0 Å². The van der Waals surface area contributed by atoms with Crippen LogP contribution in [0, 0.1) is 0 Å². The molecule has 1 amide bonds. The first-order valence-corrected chi connectivity index (χ1v) is 6.88. The number of carbonyl (C=O) groups is 2. The van der Waals surface area contributed by atoms with Gasteiger partial charge in [-0.05, 0) is 30.3 Å². The molecule has 0 spiro atoms. The van der Waals surface area contributed by atoms with Crippen LogP contribution in [0.5, 0.6) is 0 Å². The number of furan rings is 1. The van der Waals surface area contributed by atoms with Gasteiger partial charge in [0, 0.05) is 10.7 Å². The number of esters is 1. The highest BCUT2D eigenvalue weighted by Crippen LogP contribution is 2.19. The predicted molar refractivity (Wildman–Crippen MR) is 81.8 cm³/mol. The minimum atomic E-state index is -0.493. The van der Waals surface area contributed by atoms with E-state index in [4.69, 9.17) is 16.0 Å². The highest BCUT2D eigenvalue weighted by molar-refractivity contribution is 6.31. The van der Waals surface area contributed by atoms with Crippen molar-refractivity contribution < 1.29 is 18.7 Å². The minimum absolute atomic E-state index is 0.0433. The van der Waals surface area contributed by atoms with Crippen molar-refractivity contribution in [2.24, 2.45) is 0 Å². The zero-order chi connectivity index (χ0) is 15.9. The molecule has 1 heterocycles. The normalized spacial score (nSPS) is 10.1. The number of halogens is 1. The molecule has 0 fully saturated rings. The zero-order valence-electron chi connectivity index (χ0n) is 11.9. The Balaban J connectivity index is 1.89. The van der Waals surface area contributed by atoms with Crippen LogP contribution in [0.3, 0.4) is 0 Å². The first-order chi connectivity index (χ1) is 10.6. The van der Waals surface area contributed by atoms with E-state index in [1.54, 1.807) is 30.5 Å². The van der Waals surface area contributed by atoms with Crippen molar-refractivity contribution in [3.63, 3.8) is 0 Å². The topological polar surface area (TPSA) is 80.6 Å². The third kappa shape index (κ3) is 4.53. The van der Waals surface area contributed by atoms with Crippen LogP contribution in [-0.2, 0) is 16.1 Å². The third-order valence-electron chi connectivity index (χ3n) is 2.81. The second-order valence-electron chi connectivity index (χ2n) is 4.43. The maximum absolute atomic E-state index is 11.7. The summed E-state index contributed by atoms with van der Waals surface area (Å²) in [6.07, 6.45) is 1.54. The van der Waals surface area contributed by atoms with Crippen molar-refractivity contribution in [2.45, 2.75) is 6.54 Å². The Bertz CT molecular complexity index is 656. The number of benzene rings is 1. The second kappa shape index (κ2) is 7.51. The maximum Gasteiger partial charge on any atom is 0.337 e. The fourth-order valence-corrected chi connectivity index (χ4v) is 2.01. The van der Waals surface area contributed by atoms with Crippen molar-refractivity contribution in [1.82, 2.24) is 5.32 Å². The fraction of sp³-hybridized carbons (Fsp3) is 0.200. The van der Waals surface area contributed by atoms with Crippen LogP contribution in [0.1, 0.15) is 16.1 Å². The summed E-state index contributed by atoms with van der Waals surface area (Å²) < 4.78 is 9.75. The summed E-state index contributed by atoms with van der Waals surface area (Å²) >= 11 is 5.93. The number of rotatable bonds is 6. The molecule has 6 nitrogen and oxygen atoms in total. The van der Waals surface area contributed by atoms with Gasteiger partial charge in [0.25, 0.3) is 0 Å². The van der Waals surface area contributed by atoms with Crippen LogP contribution in [0.2, 0.25) is 5.02 Å². The van der Waals surface area contributed by atoms with Crippen molar-refractivity contribution >= 4 is 29.2 Å². The van der Waals surface area contributed by atoms with E-state index < -0.39 is 5.97 Å². The number of carbonyl (C=O) groups excluding carboxylic acids is 2. The van der Waals surface area contributed by atoms with Gasteiger partial charge in [0.15, 0.2) is 0 Å². The summed E-state index contributed by atoms with van der Waals surface area (Å²) in [5.41, 5.74) is 0.870. The van der Waals surface area contributed by atoms with Gasteiger partial charge in [-0.1, -0.05) is 11.6 Å². The van der Waals surface area contributed by atoms with Gasteiger partial charge in [0.1, 0.15) is 5.76 Å². The average Bonchev–Trinajstić information content (AvgIpc) is 3.03. The summed E-state index contributed by atoms with van der Waals surface area (Å²) in [5.74, 6) is -0.0344. The van der Waals surface area contributed by atoms with Crippen molar-refractivity contribution in [2.75, 3.05) is 19.0 Å². The summed E-state index contributed by atoms with van der Waals surface area (Å²) in [6, 6.07) is 8.20. The van der Waals surface area contributed by atoms with Gasteiger partial charge >= 0.3 is 5.97 Å². The molecule has 0 saturated heterocycles. The lowest BCUT2D eigenvalue weighted by atomic mass is 10.2. The summed E-state index contributed by atoms with van der Waals surface area (Å²) in [4.78, 5) is 23.2. The van der Waals surface area contributed by atoms with Gasteiger partial charge in [-0.3, -0.25) is 4.79 Å². The van der Waals surface area contributed by atoms with E-state index in [-0.39, 0.29) is 12.5 Å². The summed E-state index contributed by atoms with van der Waals surface area (Å²) in [5, 5.41) is 5.97. The number of amides is 1. The highest BCUT2D eigenvalue weighted by Gasteiger charge is 2.09. The van der Waals surface area contributed by atoms with Gasteiger partial charge in [-0.15, -0.1) is 0 Å². The van der Waals surface area contributed by atoms with Gasteiger partial charge in [-0.25, -0.2) is 4.79 Å². The molecular formula is C15H15ClN2O4. The van der Waals surface area contributed by atoms with Crippen LogP contribution in [0.15, 0.2) is 41.0 Å². The molecule has 0 radical (unpaired) electrons. The summed E-state index contributed by atoms with van der Waals surface area (Å²) in [7, 11) is 1.29. The smallest absolute Gasteiger partial charge is 0.337 e. The zero-order valence-corrected chi connectivity index (χ0v) is 12.6. The van der Waals surface area contributed by atoms with Gasteiger partial charge in [0.2, 0.25) is 5.91 Å². The average molecular weight is 323 g/mol. The van der Waals surface area contributed by atoms with Gasteiger partial charge in [0.05, 0.1) is 32.0 Å². The molecule has 116 valence electrons. The van der Waals surface area contributed by atoms with E-state index in [9.17, 15) is 9.59 Å². The Morgan fingerprint density at radius 3 is 2.82 bits per heavy atom. The Hall–Kier alpha value is -2.47. The van der Waals surface area contributed by atoms with E-state index in [1.807, 2.05) is 0 Å². The fourth-order valence-electron chi connectivity index (χ4n) is 1.77. The third-order valence-corrected chi connectivity index (χ3v) is 3.03. The van der Waals surface area contributed by atoms with Crippen LogP contribution in [0.25, 0.3) is 0 Å². The van der Waals surface area contributed by atoms with E-state index in [1.165, 1.54) is 13.2 Å². The second-order valence-corrected chi connectivity index (χ2v) is 4.87. The molecule has 7 heteroatoms. The number of ether oxygens (including phenoxy) is 1. The van der Waals surface area contributed by atoms with Crippen LogP contribution >= 0.6 is 11.6 Å². The minimum Gasteiger partial charge on any atom is -0.467 e. The standard InChI is InChI=1S/C15H15ClN2O4/c1-21-15(20)10-5-11(16)7-12(6-10)17-9-14(19)18-8-13-3-2-4-22-13/h2-7,17H,8-9H2,1H3,(H,18,19). The lowest BCUT2D eigenvalue weighted by Crippen LogP contribution is -2.29. The van der Waals surface area contributed by atoms with Crippen molar-refractivity contribution in [3.8, 4) is 0 Å². The molecule has 0 aliphatic heterocycles. The molecule has 0 aliphatic rings. The van der Waals surface area contributed by atoms with Gasteiger partial charge in [-0.2, -0.15) is 0 Å². The van der Waals surface area contributed by atoms with E-state index in [2.05, 4.69) is 15.4 Å². The van der Waals surface area contributed by atoms with E-state index in [0.29, 0.717) is 28.6 Å². The number of hydrogen-bond acceptors (Lipinski definition) is 5. The number of anilines is 1. The number of hydrogen-bond donors (Lipinski definition) is 2. The molecule has 2 N–H and O–H groups in total. The van der Waals surface area contributed by atoms with Gasteiger partial charge < -0.3 is 19.8 Å². The molecule has 0 saturated carbocycles. The SMILES string of the molecule is COC(=O)c1cc(Cl)cc(NCC(=O)NCc2ccco2)c1. The molecule has 0 aliphatic carbocycles. The maximum atomic E-state index is 11.7. The first kappa shape index (κ1) is 15.9. The monoisotopic (exact) mass is 322 g/mol. The first-order valence-electron chi connectivity index (χ1n) is 6.50. The van der Waals surface area contributed by atoms with E-state index >= 15 is 0 Å². The molecule has 2 aromatic rings. The lowest BCUT2D eigenvalue weighted by molar-refractivity contribution is -0.119. The number of methoxy groups -OCH3 is 1. The molecule has 1 aromatic carbocycles. The predicted octanol–water partition coefficient (Wildman–Crippen LogP) is 2.45. The Morgan fingerprint density at radius 2 is 2.14 bits per heavy atom. The van der Waals surface area contributed by atoms with Crippen LogP contribution in [0.4, 0.5) is 5.69 Å². The number of nitrogens with one attached hydrogen (secondary N) is 2. The molecule has 22 heavy (non-hydrogen) atoms. The molecule has 1 aromatic heterocycles. The van der Waals surface area contributed by atoms with Crippen molar-refractivity contribution in [1.29, 1.82) is 0 Å². The van der Waals surface area contributed by atoms with Crippen LogP contribution in [-0.4, -0.2) is 25.5 Å². The Morgan fingerprint density at radius 1 is 1.32 bits per heavy atom. The molecule has 0 unspecified atom stereocenters. The lowest BCUT2D eigenvalue weighted by Gasteiger charge is -2.09. The molecule has 0 atom stereocenters. The van der Waals surface area contributed by atoms with Crippen molar-refractivity contribution in [3.05, 3.63) is 52.9 Å². The largest absolute Gasteiger partial charge is 0.467 e.